The molecule has 0 bridgehead atoms. The lowest BCUT2D eigenvalue weighted by Gasteiger charge is -2.20. The Hall–Kier alpha value is -0.610. The van der Waals surface area contributed by atoms with Gasteiger partial charge < -0.3 is 5.73 Å². The number of carbonyl (C=O) groups is 1. The van der Waals surface area contributed by atoms with Crippen molar-refractivity contribution < 1.29 is 4.79 Å². The van der Waals surface area contributed by atoms with Crippen molar-refractivity contribution in [3.63, 3.8) is 0 Å². The molecule has 1 atom stereocenters. The van der Waals surface area contributed by atoms with E-state index in [9.17, 15) is 4.79 Å². The smallest absolute Gasteiger partial charge is 0.251 e. The van der Waals surface area contributed by atoms with Crippen LogP contribution in [0.1, 0.15) is 25.7 Å². The quantitative estimate of drug-likeness (QED) is 0.613. The van der Waals surface area contributed by atoms with Crippen LogP contribution in [0.4, 0.5) is 0 Å². The molecule has 0 heterocycles. The fraction of sp³-hybridized carbons (Fsp3) is 0.889. The van der Waals surface area contributed by atoms with Crippen LogP contribution < -0.4 is 11.2 Å². The predicted molar refractivity (Wildman–Crippen MR) is 51.8 cm³/mol. The van der Waals surface area contributed by atoms with Gasteiger partial charge >= 0.3 is 0 Å². The summed E-state index contributed by atoms with van der Waals surface area (Å²) in [6, 6.07) is -0.329. The summed E-state index contributed by atoms with van der Waals surface area (Å²) >= 11 is 0. The molecule has 1 aliphatic rings. The van der Waals surface area contributed by atoms with Gasteiger partial charge in [-0.2, -0.15) is 0 Å². The number of hydrogen-bond donors (Lipinski definition) is 2. The third kappa shape index (κ3) is 2.97. The van der Waals surface area contributed by atoms with Gasteiger partial charge in [-0.1, -0.05) is 12.8 Å². The minimum Gasteiger partial charge on any atom is -0.320 e. The Labute approximate surface area is 79.4 Å². The molecular formula is C9H19N3O. The van der Waals surface area contributed by atoms with Gasteiger partial charge in [-0.05, 0) is 18.8 Å². The van der Waals surface area contributed by atoms with E-state index < -0.39 is 0 Å². The Morgan fingerprint density at radius 3 is 2.46 bits per heavy atom. The molecule has 0 radical (unpaired) electrons. The minimum absolute atomic E-state index is 0.0584. The summed E-state index contributed by atoms with van der Waals surface area (Å²) in [5.41, 5.74) is 8.52. The number of carbonyl (C=O) groups excluding carboxylic acids is 1. The van der Waals surface area contributed by atoms with Crippen LogP contribution in [0.2, 0.25) is 0 Å². The molecule has 3 N–H and O–H groups in total. The molecular weight excluding hydrogens is 166 g/mol. The lowest BCUT2D eigenvalue weighted by molar-refractivity contribution is -0.127. The molecule has 0 aliphatic heterocycles. The Bertz CT molecular complexity index is 176. The highest BCUT2D eigenvalue weighted by Gasteiger charge is 2.27. The summed E-state index contributed by atoms with van der Waals surface area (Å²) < 4.78 is 0. The van der Waals surface area contributed by atoms with Crippen molar-refractivity contribution in [2.24, 2.45) is 11.7 Å². The molecule has 4 heteroatoms. The minimum atomic E-state index is -0.329. The molecule has 1 unspecified atom stereocenters. The number of hydrazine groups is 1. The average molecular weight is 185 g/mol. The van der Waals surface area contributed by atoms with Gasteiger partial charge in [-0.25, -0.2) is 5.01 Å². The molecule has 1 fully saturated rings. The van der Waals surface area contributed by atoms with E-state index in [2.05, 4.69) is 5.43 Å². The first kappa shape index (κ1) is 10.5. The summed E-state index contributed by atoms with van der Waals surface area (Å²) in [6.45, 7) is 0. The Balaban J connectivity index is 2.36. The van der Waals surface area contributed by atoms with E-state index in [-0.39, 0.29) is 11.9 Å². The Morgan fingerprint density at radius 2 is 2.00 bits per heavy atom. The van der Waals surface area contributed by atoms with Gasteiger partial charge in [0, 0.05) is 14.1 Å². The van der Waals surface area contributed by atoms with Crippen LogP contribution in [0.5, 0.6) is 0 Å². The third-order valence-corrected chi connectivity index (χ3v) is 2.54. The van der Waals surface area contributed by atoms with Crippen molar-refractivity contribution in [3.8, 4) is 0 Å². The standard InChI is InChI=1S/C9H19N3O/c1-12(2)11-9(13)8(10)7-5-3-4-6-7/h7-8H,3-6,10H2,1-2H3,(H,11,13). The fourth-order valence-electron chi connectivity index (χ4n) is 1.83. The molecule has 0 aromatic rings. The van der Waals surface area contributed by atoms with Gasteiger partial charge in [0.25, 0.3) is 5.91 Å². The molecule has 4 nitrogen and oxygen atoms in total. The van der Waals surface area contributed by atoms with Crippen molar-refractivity contribution in [2.45, 2.75) is 31.7 Å². The number of hydrogen-bond acceptors (Lipinski definition) is 3. The molecule has 0 aromatic carbocycles. The van der Waals surface area contributed by atoms with Crippen LogP contribution in [0.3, 0.4) is 0 Å². The zero-order chi connectivity index (χ0) is 9.84. The first-order valence-corrected chi connectivity index (χ1v) is 4.84. The summed E-state index contributed by atoms with van der Waals surface area (Å²) in [5, 5.41) is 1.64. The largest absolute Gasteiger partial charge is 0.320 e. The molecule has 0 spiro atoms. The van der Waals surface area contributed by atoms with Gasteiger partial charge in [0.1, 0.15) is 0 Å². The number of nitrogens with zero attached hydrogens (tertiary/aromatic N) is 1. The van der Waals surface area contributed by atoms with Gasteiger partial charge in [-0.15, -0.1) is 0 Å². The molecule has 1 aliphatic carbocycles. The summed E-state index contributed by atoms with van der Waals surface area (Å²) in [7, 11) is 3.58. The first-order chi connectivity index (χ1) is 6.11. The zero-order valence-corrected chi connectivity index (χ0v) is 8.42. The number of rotatable bonds is 3. The second-order valence-corrected chi connectivity index (χ2v) is 3.94. The van der Waals surface area contributed by atoms with E-state index in [1.165, 1.54) is 12.8 Å². The van der Waals surface area contributed by atoms with Crippen molar-refractivity contribution in [1.29, 1.82) is 0 Å². The van der Waals surface area contributed by atoms with Crippen LogP contribution in [0, 0.1) is 5.92 Å². The van der Waals surface area contributed by atoms with Crippen LogP contribution in [-0.4, -0.2) is 31.1 Å². The first-order valence-electron chi connectivity index (χ1n) is 4.84. The Morgan fingerprint density at radius 1 is 1.46 bits per heavy atom. The van der Waals surface area contributed by atoms with Crippen molar-refractivity contribution >= 4 is 5.91 Å². The van der Waals surface area contributed by atoms with Crippen LogP contribution in [0.25, 0.3) is 0 Å². The zero-order valence-electron chi connectivity index (χ0n) is 8.42. The maximum atomic E-state index is 11.5. The van der Waals surface area contributed by atoms with Crippen molar-refractivity contribution in [3.05, 3.63) is 0 Å². The highest BCUT2D eigenvalue weighted by Crippen LogP contribution is 2.26. The SMILES string of the molecule is CN(C)NC(=O)C(N)C1CCCC1. The molecule has 0 saturated heterocycles. The van der Waals surface area contributed by atoms with E-state index >= 15 is 0 Å². The predicted octanol–water partition coefficient (Wildman–Crippen LogP) is 0.0967. The summed E-state index contributed by atoms with van der Waals surface area (Å²) in [4.78, 5) is 11.5. The number of nitrogens with two attached hydrogens (primary N) is 1. The maximum absolute atomic E-state index is 11.5. The molecule has 1 saturated carbocycles. The van der Waals surface area contributed by atoms with E-state index in [0.29, 0.717) is 5.92 Å². The van der Waals surface area contributed by atoms with Crippen LogP contribution in [0.15, 0.2) is 0 Å². The second kappa shape index (κ2) is 4.58. The monoisotopic (exact) mass is 185 g/mol. The van der Waals surface area contributed by atoms with E-state index in [1.807, 2.05) is 0 Å². The topological polar surface area (TPSA) is 58.4 Å². The maximum Gasteiger partial charge on any atom is 0.251 e. The van der Waals surface area contributed by atoms with Gasteiger partial charge in [-0.3, -0.25) is 10.2 Å². The average Bonchev–Trinajstić information content (AvgIpc) is 2.53. The van der Waals surface area contributed by atoms with Gasteiger partial charge in [0.15, 0.2) is 0 Å². The van der Waals surface area contributed by atoms with Crippen LogP contribution in [-0.2, 0) is 4.79 Å². The normalized spacial score (nSPS) is 20.6. The molecule has 1 rings (SSSR count). The van der Waals surface area contributed by atoms with Gasteiger partial charge in [0.2, 0.25) is 0 Å². The second-order valence-electron chi connectivity index (χ2n) is 3.94. The third-order valence-electron chi connectivity index (χ3n) is 2.54. The van der Waals surface area contributed by atoms with Gasteiger partial charge in [0.05, 0.1) is 6.04 Å². The highest BCUT2D eigenvalue weighted by molar-refractivity contribution is 5.81. The number of nitrogens with one attached hydrogen (secondary N) is 1. The molecule has 0 aromatic heterocycles. The Kier molecular flexibility index (Phi) is 3.69. The van der Waals surface area contributed by atoms with E-state index in [4.69, 9.17) is 5.73 Å². The molecule has 1 amide bonds. The molecule has 76 valence electrons. The van der Waals surface area contributed by atoms with E-state index in [1.54, 1.807) is 19.1 Å². The summed E-state index contributed by atoms with van der Waals surface area (Å²) in [5.74, 6) is 0.330. The van der Waals surface area contributed by atoms with Crippen molar-refractivity contribution in [2.75, 3.05) is 14.1 Å². The highest BCUT2D eigenvalue weighted by atomic mass is 16.2. The molecule has 13 heavy (non-hydrogen) atoms. The lowest BCUT2D eigenvalue weighted by atomic mass is 9.99. The van der Waals surface area contributed by atoms with E-state index in [0.717, 1.165) is 12.8 Å². The number of amides is 1. The van der Waals surface area contributed by atoms with Crippen LogP contribution >= 0.6 is 0 Å². The fourth-order valence-corrected chi connectivity index (χ4v) is 1.83. The van der Waals surface area contributed by atoms with Crippen molar-refractivity contribution in [1.82, 2.24) is 10.4 Å². The lowest BCUT2D eigenvalue weighted by Crippen LogP contribution is -2.49. The summed E-state index contributed by atoms with van der Waals surface area (Å²) in [6.07, 6.45) is 4.63.